The van der Waals surface area contributed by atoms with Gasteiger partial charge in [0.1, 0.15) is 17.3 Å². The second-order valence-electron chi connectivity index (χ2n) is 14.0. The van der Waals surface area contributed by atoms with Crippen molar-refractivity contribution < 1.29 is 19.1 Å². The molecule has 0 saturated heterocycles. The summed E-state index contributed by atoms with van der Waals surface area (Å²) in [6.07, 6.45) is 7.39. The number of allylic oxidation sites excluding steroid dienone is 2. The standard InChI is InChI=1S/C37H40N6O4/c1-17-18(2)25(40-24(17)10-21-14-36(5,6)37(7,16-39)43-21)12-26-19(3)20(4)27(41-26)13-28-30-22-11-23(31(30)29(15-38)42-28)33(35(45)47-9)32(22)34(44)46-8/h10,12-13,22-23,32-33,40-41H,11,14H2,1-9H3/b24-10?,25-12?,28-13-/t22-,23+,32+,33+,37?/m1/s1. The fourth-order valence-corrected chi connectivity index (χ4v) is 7.88. The largest absolute Gasteiger partial charge is 0.469 e. The molecule has 2 aliphatic heterocycles. The first-order valence-electron chi connectivity index (χ1n) is 15.9. The van der Waals surface area contributed by atoms with Gasteiger partial charge in [0.25, 0.3) is 0 Å². The summed E-state index contributed by atoms with van der Waals surface area (Å²) in [4.78, 5) is 42.3. The van der Waals surface area contributed by atoms with Gasteiger partial charge in [-0.15, -0.1) is 0 Å². The third-order valence-corrected chi connectivity index (χ3v) is 11.3. The number of nitrogens with one attached hydrogen (secondary N) is 2. The summed E-state index contributed by atoms with van der Waals surface area (Å²) < 4.78 is 10.2. The molecule has 2 aliphatic carbocycles. The van der Waals surface area contributed by atoms with Gasteiger partial charge in [0.05, 0.1) is 37.8 Å². The number of carbonyl (C=O) groups is 2. The van der Waals surface area contributed by atoms with Crippen LogP contribution in [0.3, 0.4) is 0 Å². The Balaban J connectivity index is 1.39. The average Bonchev–Trinajstić information content (AvgIpc) is 3.86. The summed E-state index contributed by atoms with van der Waals surface area (Å²) in [7, 11) is 2.64. The molecule has 10 nitrogen and oxygen atoms in total. The van der Waals surface area contributed by atoms with Crippen LogP contribution in [0.4, 0.5) is 0 Å². The molecule has 5 atom stereocenters. The number of aromatic nitrogens is 2. The highest BCUT2D eigenvalue weighted by atomic mass is 16.5. The summed E-state index contributed by atoms with van der Waals surface area (Å²) >= 11 is 0. The van der Waals surface area contributed by atoms with Crippen molar-refractivity contribution in [2.24, 2.45) is 39.1 Å². The van der Waals surface area contributed by atoms with E-state index in [-0.39, 0.29) is 23.0 Å². The van der Waals surface area contributed by atoms with Crippen molar-refractivity contribution in [3.63, 3.8) is 0 Å². The second-order valence-corrected chi connectivity index (χ2v) is 14.0. The van der Waals surface area contributed by atoms with E-state index >= 15 is 0 Å². The van der Waals surface area contributed by atoms with Crippen molar-refractivity contribution in [3.8, 4) is 12.1 Å². The average molecular weight is 633 g/mol. The van der Waals surface area contributed by atoms with E-state index in [0.717, 1.165) is 67.6 Å². The van der Waals surface area contributed by atoms with E-state index in [2.05, 4.69) is 68.9 Å². The SMILES string of the molecule is COC(=O)[C@@H]1[C@@H](C(=O)OC)[C@H]2C[C@@H]1C1=C2C(C#N)=N/C1=C\c1[nH]c(C=c2[nH]c(=CC3=NC(C)(C#N)C(C)(C)C3)c(C)c2C)c(C)c1C. The summed E-state index contributed by atoms with van der Waals surface area (Å²) in [5.41, 5.74) is 8.55. The highest BCUT2D eigenvalue weighted by molar-refractivity contribution is 6.17. The summed E-state index contributed by atoms with van der Waals surface area (Å²) in [6, 6.07) is 4.62. The van der Waals surface area contributed by atoms with E-state index in [1.807, 2.05) is 19.9 Å². The summed E-state index contributed by atoms with van der Waals surface area (Å²) in [5.74, 6) is -2.95. The highest BCUT2D eigenvalue weighted by Gasteiger charge is 2.61. The Labute approximate surface area is 274 Å². The van der Waals surface area contributed by atoms with Crippen LogP contribution in [0.1, 0.15) is 67.3 Å². The zero-order valence-electron chi connectivity index (χ0n) is 28.4. The lowest BCUT2D eigenvalue weighted by atomic mass is 9.74. The van der Waals surface area contributed by atoms with Gasteiger partial charge in [-0.2, -0.15) is 10.5 Å². The fourth-order valence-electron chi connectivity index (χ4n) is 7.88. The number of rotatable bonds is 5. The van der Waals surface area contributed by atoms with Crippen LogP contribution >= 0.6 is 0 Å². The fraction of sp³-hybridized carbons (Fsp3) is 0.459. The lowest BCUT2D eigenvalue weighted by Gasteiger charge is -2.29. The molecule has 0 amide bonds. The van der Waals surface area contributed by atoms with E-state index < -0.39 is 29.3 Å². The van der Waals surface area contributed by atoms with Crippen LogP contribution in [0.15, 0.2) is 26.8 Å². The molecule has 0 spiro atoms. The first-order chi connectivity index (χ1) is 22.2. The molecule has 1 fully saturated rings. The number of aromatic amines is 2. The molecule has 4 aliphatic rings. The molecule has 1 unspecified atom stereocenters. The molecule has 2 aromatic rings. The van der Waals surface area contributed by atoms with E-state index in [9.17, 15) is 20.1 Å². The summed E-state index contributed by atoms with van der Waals surface area (Å²) in [5, 5.41) is 21.7. The number of nitriles is 2. The van der Waals surface area contributed by atoms with Crippen molar-refractivity contribution >= 4 is 41.6 Å². The summed E-state index contributed by atoms with van der Waals surface area (Å²) in [6.45, 7) is 14.3. The van der Waals surface area contributed by atoms with Crippen LogP contribution < -0.4 is 10.7 Å². The van der Waals surface area contributed by atoms with E-state index in [1.54, 1.807) is 0 Å². The quantitative estimate of drug-likeness (QED) is 0.471. The van der Waals surface area contributed by atoms with Gasteiger partial charge >= 0.3 is 11.9 Å². The van der Waals surface area contributed by atoms with E-state index in [4.69, 9.17) is 19.5 Å². The number of aliphatic imine (C=N–C) groups is 2. The normalized spacial score (nSPS) is 28.8. The monoisotopic (exact) mass is 632 g/mol. The number of nitrogens with zero attached hydrogens (tertiary/aromatic N) is 4. The maximum absolute atomic E-state index is 12.9. The molecular weight excluding hydrogens is 592 g/mol. The maximum Gasteiger partial charge on any atom is 0.310 e. The van der Waals surface area contributed by atoms with Crippen molar-refractivity contribution in [3.05, 3.63) is 61.2 Å². The minimum Gasteiger partial charge on any atom is -0.469 e. The minimum absolute atomic E-state index is 0.253. The number of methoxy groups -OCH3 is 2. The van der Waals surface area contributed by atoms with Crippen LogP contribution in [-0.2, 0) is 19.1 Å². The Kier molecular flexibility index (Phi) is 7.55. The first kappa shape index (κ1) is 32.0. The number of H-pyrrole nitrogens is 2. The van der Waals surface area contributed by atoms with Crippen LogP contribution in [0.25, 0.3) is 18.2 Å². The van der Waals surface area contributed by atoms with Crippen molar-refractivity contribution in [1.29, 1.82) is 10.5 Å². The molecule has 2 N–H and O–H groups in total. The predicted molar refractivity (Wildman–Crippen MR) is 178 cm³/mol. The van der Waals surface area contributed by atoms with E-state index in [0.29, 0.717) is 12.1 Å². The number of carbonyl (C=O) groups excluding carboxylic acids is 2. The lowest BCUT2D eigenvalue weighted by molar-refractivity contribution is -0.158. The van der Waals surface area contributed by atoms with Crippen LogP contribution in [-0.4, -0.2) is 53.1 Å². The van der Waals surface area contributed by atoms with Gasteiger partial charge in [-0.25, -0.2) is 4.99 Å². The molecule has 2 aromatic heterocycles. The zero-order chi connectivity index (χ0) is 34.2. The predicted octanol–water partition coefficient (Wildman–Crippen LogP) is 4.18. The van der Waals surface area contributed by atoms with Gasteiger partial charge in [0, 0.05) is 45.0 Å². The molecule has 242 valence electrons. The third kappa shape index (κ3) is 4.73. The number of esters is 2. The van der Waals surface area contributed by atoms with Gasteiger partial charge in [-0.05, 0) is 99.1 Å². The topological polar surface area (TPSA) is 156 Å². The highest BCUT2D eigenvalue weighted by Crippen LogP contribution is 2.60. The van der Waals surface area contributed by atoms with Crippen LogP contribution in [0.2, 0.25) is 0 Å². The molecule has 0 radical (unpaired) electrons. The van der Waals surface area contributed by atoms with Crippen molar-refractivity contribution in [1.82, 2.24) is 9.97 Å². The van der Waals surface area contributed by atoms with E-state index in [1.165, 1.54) is 14.2 Å². The molecule has 47 heavy (non-hydrogen) atoms. The lowest BCUT2D eigenvalue weighted by Crippen LogP contribution is -2.37. The second kappa shape index (κ2) is 11.1. The molecule has 6 rings (SSSR count). The number of hydrogen-bond donors (Lipinski definition) is 2. The van der Waals surface area contributed by atoms with Crippen molar-refractivity contribution in [2.45, 2.75) is 66.8 Å². The molecule has 2 bridgehead atoms. The van der Waals surface area contributed by atoms with Crippen LogP contribution in [0.5, 0.6) is 0 Å². The van der Waals surface area contributed by atoms with Crippen molar-refractivity contribution in [2.75, 3.05) is 14.2 Å². The Bertz CT molecular complexity index is 2090. The number of ether oxygens (including phenoxy) is 2. The Morgan fingerprint density at radius 1 is 0.830 bits per heavy atom. The third-order valence-electron chi connectivity index (χ3n) is 11.3. The van der Waals surface area contributed by atoms with Gasteiger partial charge in [0.2, 0.25) is 0 Å². The number of hydrogen-bond acceptors (Lipinski definition) is 8. The van der Waals surface area contributed by atoms with Gasteiger partial charge in [-0.1, -0.05) is 13.8 Å². The van der Waals surface area contributed by atoms with Gasteiger partial charge in [0.15, 0.2) is 0 Å². The minimum atomic E-state index is -0.761. The Hall–Kier alpha value is -4.96. The van der Waals surface area contributed by atoms with Gasteiger partial charge < -0.3 is 19.4 Å². The van der Waals surface area contributed by atoms with Crippen LogP contribution in [0, 0.1) is 79.4 Å². The smallest absolute Gasteiger partial charge is 0.310 e. The molecular formula is C37H40N6O4. The first-order valence-corrected chi connectivity index (χ1v) is 15.9. The Morgan fingerprint density at radius 3 is 1.91 bits per heavy atom. The molecule has 0 aromatic carbocycles. The number of fused-ring (bicyclic) bond motifs is 4. The maximum atomic E-state index is 12.9. The Morgan fingerprint density at radius 2 is 1.38 bits per heavy atom. The van der Waals surface area contributed by atoms with Gasteiger partial charge in [-0.3, -0.25) is 14.6 Å². The molecule has 10 heteroatoms. The zero-order valence-corrected chi connectivity index (χ0v) is 28.4. The molecule has 1 saturated carbocycles. The molecule has 4 heterocycles.